The van der Waals surface area contributed by atoms with Crippen molar-refractivity contribution in [2.24, 2.45) is 0 Å². The molecular weight excluding hydrogens is 345 g/mol. The lowest BCUT2D eigenvalue weighted by Crippen LogP contribution is -2.10. The molecule has 4 aromatic rings. The van der Waals surface area contributed by atoms with E-state index in [-0.39, 0.29) is 5.95 Å². The number of nitrogens with two attached hydrogens (primary N) is 1. The molecule has 0 saturated heterocycles. The van der Waals surface area contributed by atoms with Crippen molar-refractivity contribution in [3.05, 3.63) is 47.8 Å². The second kappa shape index (κ2) is 5.82. The molecule has 0 aliphatic rings. The Bertz CT molecular complexity index is 1090. The van der Waals surface area contributed by atoms with Crippen molar-refractivity contribution in [1.29, 1.82) is 0 Å². The Morgan fingerprint density at radius 1 is 1.24 bits per heavy atom. The van der Waals surface area contributed by atoms with Crippen LogP contribution in [0.1, 0.15) is 6.92 Å². The van der Waals surface area contributed by atoms with Gasteiger partial charge in [0.1, 0.15) is 17.7 Å². The van der Waals surface area contributed by atoms with Crippen LogP contribution in [0.3, 0.4) is 0 Å². The molecule has 1 aromatic carbocycles. The van der Waals surface area contributed by atoms with Crippen LogP contribution in [0.2, 0.25) is 5.02 Å². The zero-order valence-electron chi connectivity index (χ0n) is 13.2. The summed E-state index contributed by atoms with van der Waals surface area (Å²) >= 11 is 6.25. The minimum absolute atomic E-state index is 0.235. The number of aryl methyl sites for hydroxylation is 1. The molecule has 0 amide bonds. The summed E-state index contributed by atoms with van der Waals surface area (Å²) in [6, 6.07) is 4.27. The number of benzene rings is 1. The third kappa shape index (κ3) is 2.42. The minimum Gasteiger partial charge on any atom is -0.368 e. The van der Waals surface area contributed by atoms with Gasteiger partial charge in [-0.3, -0.25) is 4.98 Å². The Hall–Kier alpha value is -3.00. The summed E-state index contributed by atoms with van der Waals surface area (Å²) in [5.41, 5.74) is 8.76. The van der Waals surface area contributed by atoms with Crippen molar-refractivity contribution < 1.29 is 4.39 Å². The van der Waals surface area contributed by atoms with Gasteiger partial charge in [-0.1, -0.05) is 11.6 Å². The van der Waals surface area contributed by atoms with E-state index in [0.29, 0.717) is 28.6 Å². The first-order valence-corrected chi connectivity index (χ1v) is 7.93. The molecule has 0 saturated carbocycles. The number of hydrogen-bond acceptors (Lipinski definition) is 5. The topological polar surface area (TPSA) is 87.4 Å². The maximum Gasteiger partial charge on any atom is 0.235 e. The van der Waals surface area contributed by atoms with Gasteiger partial charge in [0.05, 0.1) is 16.7 Å². The third-order valence-corrected chi connectivity index (χ3v) is 4.24. The summed E-state index contributed by atoms with van der Waals surface area (Å²) in [5.74, 6) is 0.369. The van der Waals surface area contributed by atoms with Crippen LogP contribution in [0.25, 0.3) is 28.1 Å². The monoisotopic (exact) mass is 357 g/mol. The maximum atomic E-state index is 13.4. The van der Waals surface area contributed by atoms with Crippen molar-refractivity contribution in [2.75, 3.05) is 5.73 Å². The van der Waals surface area contributed by atoms with E-state index in [1.165, 1.54) is 23.1 Å². The van der Waals surface area contributed by atoms with E-state index >= 15 is 0 Å². The number of hydrogen-bond donors (Lipinski definition) is 1. The van der Waals surface area contributed by atoms with Crippen molar-refractivity contribution in [2.45, 2.75) is 13.5 Å². The Labute approximate surface area is 146 Å². The quantitative estimate of drug-likeness (QED) is 0.608. The van der Waals surface area contributed by atoms with E-state index in [2.05, 4.69) is 20.1 Å². The summed E-state index contributed by atoms with van der Waals surface area (Å²) < 4.78 is 16.8. The molecule has 25 heavy (non-hydrogen) atoms. The van der Waals surface area contributed by atoms with Crippen LogP contribution in [0.5, 0.6) is 0 Å². The number of pyridine rings is 1. The van der Waals surface area contributed by atoms with Crippen LogP contribution in [0.15, 0.2) is 36.9 Å². The standard InChI is InChI=1S/C16H13ClFN7/c1-2-24-14-11(10-4-3-9(18)5-12(10)17)6-20-7-13(14)23-16(24)25-15(19)21-8-22-25/h3-8H,2H2,1H3,(H2,19,21,22). The molecule has 0 radical (unpaired) electrons. The highest BCUT2D eigenvalue weighted by Crippen LogP contribution is 2.34. The smallest absolute Gasteiger partial charge is 0.235 e. The Kier molecular flexibility index (Phi) is 3.61. The number of nitrogen functional groups attached to an aromatic ring is 1. The minimum atomic E-state index is -0.394. The zero-order valence-corrected chi connectivity index (χ0v) is 13.9. The molecule has 0 atom stereocenters. The molecule has 0 unspecified atom stereocenters. The largest absolute Gasteiger partial charge is 0.368 e. The predicted molar refractivity (Wildman–Crippen MR) is 92.9 cm³/mol. The number of imidazole rings is 1. The van der Waals surface area contributed by atoms with E-state index < -0.39 is 5.82 Å². The van der Waals surface area contributed by atoms with Crippen molar-refractivity contribution in [1.82, 2.24) is 29.3 Å². The predicted octanol–water partition coefficient (Wildman–Crippen LogP) is 3.07. The van der Waals surface area contributed by atoms with Gasteiger partial charge in [-0.05, 0) is 25.1 Å². The normalized spacial score (nSPS) is 11.3. The van der Waals surface area contributed by atoms with Crippen LogP contribution in [-0.2, 0) is 6.54 Å². The summed E-state index contributed by atoms with van der Waals surface area (Å²) in [5, 5.41) is 4.43. The molecule has 0 aliphatic carbocycles. The number of aromatic nitrogens is 6. The lowest BCUT2D eigenvalue weighted by Gasteiger charge is -2.10. The summed E-state index contributed by atoms with van der Waals surface area (Å²) in [4.78, 5) is 12.8. The maximum absolute atomic E-state index is 13.4. The molecule has 3 heterocycles. The highest BCUT2D eigenvalue weighted by atomic mass is 35.5. The lowest BCUT2D eigenvalue weighted by molar-refractivity contribution is 0.628. The summed E-state index contributed by atoms with van der Waals surface area (Å²) in [6.45, 7) is 2.59. The van der Waals surface area contributed by atoms with Gasteiger partial charge in [0.15, 0.2) is 0 Å². The molecular formula is C16H13ClFN7. The van der Waals surface area contributed by atoms with Gasteiger partial charge in [0, 0.05) is 23.9 Å². The SMILES string of the molecule is CCn1c(-n2ncnc2N)nc2cncc(-c3ccc(F)cc3Cl)c21. The number of nitrogens with zero attached hydrogens (tertiary/aromatic N) is 6. The van der Waals surface area contributed by atoms with Crippen LogP contribution < -0.4 is 5.73 Å². The molecule has 2 N–H and O–H groups in total. The van der Waals surface area contributed by atoms with Gasteiger partial charge in [0.2, 0.25) is 11.9 Å². The van der Waals surface area contributed by atoms with Crippen LogP contribution in [0.4, 0.5) is 10.3 Å². The van der Waals surface area contributed by atoms with Crippen molar-refractivity contribution in [3.8, 4) is 17.1 Å². The average molecular weight is 358 g/mol. The first-order valence-electron chi connectivity index (χ1n) is 7.55. The fraction of sp³-hybridized carbons (Fsp3) is 0.125. The molecule has 7 nitrogen and oxygen atoms in total. The van der Waals surface area contributed by atoms with E-state index in [1.54, 1.807) is 18.5 Å². The van der Waals surface area contributed by atoms with Crippen molar-refractivity contribution in [3.63, 3.8) is 0 Å². The van der Waals surface area contributed by atoms with Crippen LogP contribution in [-0.4, -0.2) is 29.3 Å². The molecule has 126 valence electrons. The van der Waals surface area contributed by atoms with Gasteiger partial charge >= 0.3 is 0 Å². The van der Waals surface area contributed by atoms with E-state index in [1.807, 2.05) is 11.5 Å². The number of anilines is 1. The van der Waals surface area contributed by atoms with E-state index in [0.717, 1.165) is 11.1 Å². The highest BCUT2D eigenvalue weighted by molar-refractivity contribution is 6.33. The second-order valence-electron chi connectivity index (χ2n) is 5.37. The number of rotatable bonds is 3. The first kappa shape index (κ1) is 15.5. The Balaban J connectivity index is 2.04. The van der Waals surface area contributed by atoms with Gasteiger partial charge in [-0.25, -0.2) is 9.37 Å². The Morgan fingerprint density at radius 2 is 2.08 bits per heavy atom. The fourth-order valence-corrected chi connectivity index (χ4v) is 3.12. The molecule has 9 heteroatoms. The van der Waals surface area contributed by atoms with Gasteiger partial charge < -0.3 is 10.3 Å². The third-order valence-electron chi connectivity index (χ3n) is 3.93. The zero-order chi connectivity index (χ0) is 17.6. The molecule has 0 spiro atoms. The van der Waals surface area contributed by atoms with Gasteiger partial charge in [0.25, 0.3) is 0 Å². The summed E-state index contributed by atoms with van der Waals surface area (Å²) in [7, 11) is 0. The Morgan fingerprint density at radius 3 is 2.76 bits per heavy atom. The van der Waals surface area contributed by atoms with E-state index in [9.17, 15) is 4.39 Å². The molecule has 0 bridgehead atoms. The van der Waals surface area contributed by atoms with Crippen LogP contribution >= 0.6 is 11.6 Å². The van der Waals surface area contributed by atoms with Gasteiger partial charge in [-0.15, -0.1) is 0 Å². The molecule has 0 aliphatic heterocycles. The average Bonchev–Trinajstić information content (AvgIpc) is 3.17. The summed E-state index contributed by atoms with van der Waals surface area (Å²) in [6.07, 6.45) is 4.70. The highest BCUT2D eigenvalue weighted by Gasteiger charge is 2.19. The van der Waals surface area contributed by atoms with Crippen LogP contribution in [0, 0.1) is 5.82 Å². The van der Waals surface area contributed by atoms with Gasteiger partial charge in [-0.2, -0.15) is 14.8 Å². The molecule has 3 aromatic heterocycles. The van der Waals surface area contributed by atoms with Crippen molar-refractivity contribution >= 4 is 28.6 Å². The first-order chi connectivity index (χ1) is 12.1. The fourth-order valence-electron chi connectivity index (χ4n) is 2.85. The second-order valence-corrected chi connectivity index (χ2v) is 5.77. The lowest BCUT2D eigenvalue weighted by atomic mass is 10.1. The van der Waals surface area contributed by atoms with E-state index in [4.69, 9.17) is 17.3 Å². The molecule has 4 rings (SSSR count). The number of halogens is 2. The molecule has 0 fully saturated rings. The number of fused-ring (bicyclic) bond motifs is 1.